The third-order valence-electron chi connectivity index (χ3n) is 4.88. The lowest BCUT2D eigenvalue weighted by Gasteiger charge is -2.18. The van der Waals surface area contributed by atoms with Gasteiger partial charge in [-0.3, -0.25) is 4.79 Å². The van der Waals surface area contributed by atoms with Gasteiger partial charge in [-0.15, -0.1) is 4.79 Å². The Labute approximate surface area is 190 Å². The average Bonchev–Trinajstić information content (AvgIpc) is 2.81. The number of hydrogen-bond donors (Lipinski definition) is 1. The first kappa shape index (κ1) is 23.8. The quantitative estimate of drug-likeness (QED) is 0.403. The highest BCUT2D eigenvalue weighted by Gasteiger charge is 2.21. The first-order valence-electron chi connectivity index (χ1n) is 10.3. The molecule has 2 aromatic rings. The van der Waals surface area contributed by atoms with Crippen molar-refractivity contribution in [1.29, 1.82) is 0 Å². The molecule has 176 valence electrons. The van der Waals surface area contributed by atoms with Crippen LogP contribution in [0.25, 0.3) is 0 Å². The second-order valence-electron chi connectivity index (χ2n) is 7.23. The molecule has 1 aliphatic heterocycles. The third kappa shape index (κ3) is 6.32. The van der Waals surface area contributed by atoms with E-state index in [2.05, 4.69) is 15.4 Å². The Morgan fingerprint density at radius 1 is 1.03 bits per heavy atom. The average molecular weight is 458 g/mol. The molecule has 0 bridgehead atoms. The van der Waals surface area contributed by atoms with Gasteiger partial charge in [0, 0.05) is 25.2 Å². The van der Waals surface area contributed by atoms with E-state index >= 15 is 0 Å². The summed E-state index contributed by atoms with van der Waals surface area (Å²) in [5.74, 6) is -0.854. The molecule has 0 amide bonds. The Morgan fingerprint density at radius 2 is 1.76 bits per heavy atom. The van der Waals surface area contributed by atoms with E-state index in [0.717, 1.165) is 54.6 Å². The second kappa shape index (κ2) is 11.1. The molecule has 33 heavy (non-hydrogen) atoms. The van der Waals surface area contributed by atoms with Crippen LogP contribution in [-0.2, 0) is 16.0 Å². The molecule has 2 heterocycles. The zero-order valence-corrected chi connectivity index (χ0v) is 18.7. The summed E-state index contributed by atoms with van der Waals surface area (Å²) in [6.07, 6.45) is 4.51. The number of ether oxygens (including phenoxy) is 4. The number of methoxy groups -OCH3 is 2. The normalized spacial score (nSPS) is 13.9. The molecule has 11 nitrogen and oxygen atoms in total. The van der Waals surface area contributed by atoms with Crippen molar-refractivity contribution in [2.45, 2.75) is 12.8 Å². The van der Waals surface area contributed by atoms with Crippen molar-refractivity contribution < 1.29 is 28.5 Å². The number of nitrogens with one attached hydrogen (secondary N) is 1. The summed E-state index contributed by atoms with van der Waals surface area (Å²) in [6.45, 7) is 2.05. The van der Waals surface area contributed by atoms with E-state index < -0.39 is 23.2 Å². The topological polar surface area (TPSA) is 121 Å². The third-order valence-corrected chi connectivity index (χ3v) is 4.88. The van der Waals surface area contributed by atoms with E-state index in [1.165, 1.54) is 0 Å². The predicted octanol–water partition coefficient (Wildman–Crippen LogP) is 0.749. The maximum absolute atomic E-state index is 12.5. The summed E-state index contributed by atoms with van der Waals surface area (Å²) in [7, 11) is 5.23. The Balaban J connectivity index is 1.49. The lowest BCUT2D eigenvalue weighted by molar-refractivity contribution is -0.133. The summed E-state index contributed by atoms with van der Waals surface area (Å²) in [4.78, 5) is 38.8. The van der Waals surface area contributed by atoms with Crippen molar-refractivity contribution in [1.82, 2.24) is 14.8 Å². The van der Waals surface area contributed by atoms with Crippen molar-refractivity contribution in [3.8, 4) is 23.0 Å². The van der Waals surface area contributed by atoms with Crippen molar-refractivity contribution in [2.24, 2.45) is 0 Å². The van der Waals surface area contributed by atoms with Gasteiger partial charge in [0.05, 0.1) is 20.4 Å². The fourth-order valence-corrected chi connectivity index (χ4v) is 3.12. The van der Waals surface area contributed by atoms with Crippen LogP contribution >= 0.6 is 0 Å². The number of hydrogen-bond acceptors (Lipinski definition) is 10. The number of likely N-dealkylation sites (N-methyl/N-ethyl adjacent to an activating group) is 1. The van der Waals surface area contributed by atoms with Crippen LogP contribution < -0.4 is 29.9 Å². The number of esters is 2. The van der Waals surface area contributed by atoms with Crippen molar-refractivity contribution in [3.05, 3.63) is 52.5 Å². The van der Waals surface area contributed by atoms with Crippen LogP contribution in [0.5, 0.6) is 23.0 Å². The highest BCUT2D eigenvalue weighted by atomic mass is 16.6. The molecule has 1 aromatic heterocycles. The number of nitrogens with zero attached hydrogens (tertiary/aromatic N) is 3. The summed E-state index contributed by atoms with van der Waals surface area (Å²) < 4.78 is 20.5. The van der Waals surface area contributed by atoms with E-state index in [0.29, 0.717) is 18.0 Å². The van der Waals surface area contributed by atoms with E-state index in [-0.39, 0.29) is 5.75 Å². The zero-order valence-electron chi connectivity index (χ0n) is 18.7. The smallest absolute Gasteiger partial charge is 0.336 e. The van der Waals surface area contributed by atoms with Gasteiger partial charge in [-0.1, -0.05) is 6.07 Å². The first-order chi connectivity index (χ1) is 15.9. The molecule has 1 N–H and O–H groups in total. The predicted molar refractivity (Wildman–Crippen MR) is 118 cm³/mol. The molecule has 0 fully saturated rings. The Hall–Kier alpha value is -3.86. The number of carbonyl (C=O) groups is 2. The minimum atomic E-state index is -0.848. The standard InChI is InChI=1S/C22H26N4O7/c1-25(12-9-15-5-6-16(30-2)17(13-15)31-3)11-4-10-23-26-22(29)21-18(14-24-26)32-19(27)7-8-20(28)33-21/h5-8,13-14,23H,4,9-12H2,1-3H3/b8-7+. The van der Waals surface area contributed by atoms with Crippen LogP contribution in [-0.4, -0.2) is 67.6 Å². The molecule has 0 aliphatic carbocycles. The highest BCUT2D eigenvalue weighted by Crippen LogP contribution is 2.27. The van der Waals surface area contributed by atoms with Gasteiger partial charge in [-0.05, 0) is 44.1 Å². The van der Waals surface area contributed by atoms with Crippen molar-refractivity contribution in [2.75, 3.05) is 46.3 Å². The summed E-state index contributed by atoms with van der Waals surface area (Å²) in [5.41, 5.74) is 3.28. The molecule has 3 rings (SSSR count). The Kier molecular flexibility index (Phi) is 8.03. The molecule has 1 aromatic carbocycles. The minimum absolute atomic E-state index is 0.212. The summed E-state index contributed by atoms with van der Waals surface area (Å²) >= 11 is 0. The number of aromatic nitrogens is 2. The molecular weight excluding hydrogens is 432 g/mol. The number of rotatable bonds is 10. The fraction of sp³-hybridized carbons (Fsp3) is 0.364. The lowest BCUT2D eigenvalue weighted by Crippen LogP contribution is -2.35. The van der Waals surface area contributed by atoms with Gasteiger partial charge < -0.3 is 29.3 Å². The zero-order chi connectivity index (χ0) is 23.8. The van der Waals surface area contributed by atoms with Gasteiger partial charge in [0.15, 0.2) is 17.2 Å². The van der Waals surface area contributed by atoms with E-state index in [9.17, 15) is 14.4 Å². The van der Waals surface area contributed by atoms with Crippen molar-refractivity contribution >= 4 is 11.9 Å². The number of carbonyl (C=O) groups excluding carboxylic acids is 2. The van der Waals surface area contributed by atoms with E-state index in [1.807, 2.05) is 25.2 Å². The first-order valence-corrected chi connectivity index (χ1v) is 10.3. The van der Waals surface area contributed by atoms with Crippen LogP contribution in [0.2, 0.25) is 0 Å². The molecule has 0 unspecified atom stereocenters. The molecule has 0 atom stereocenters. The summed E-state index contributed by atoms with van der Waals surface area (Å²) in [5, 5.41) is 3.91. The van der Waals surface area contributed by atoms with Gasteiger partial charge in [0.2, 0.25) is 5.75 Å². The lowest BCUT2D eigenvalue weighted by atomic mass is 10.1. The summed E-state index contributed by atoms with van der Waals surface area (Å²) in [6, 6.07) is 5.86. The van der Waals surface area contributed by atoms with Gasteiger partial charge >= 0.3 is 17.5 Å². The van der Waals surface area contributed by atoms with Crippen LogP contribution in [0.1, 0.15) is 12.0 Å². The van der Waals surface area contributed by atoms with Crippen molar-refractivity contribution in [3.63, 3.8) is 0 Å². The van der Waals surface area contributed by atoms with Gasteiger partial charge in [-0.2, -0.15) is 5.10 Å². The molecule has 0 spiro atoms. The van der Waals surface area contributed by atoms with E-state index in [4.69, 9.17) is 18.9 Å². The SMILES string of the molecule is COc1ccc(CCN(C)CCCNn2ncc3c(c2=O)OC(=O)/C=C/C(=O)O3)cc1OC. The minimum Gasteiger partial charge on any atom is -0.493 e. The van der Waals surface area contributed by atoms with Gasteiger partial charge in [-0.25, -0.2) is 9.59 Å². The Morgan fingerprint density at radius 3 is 2.48 bits per heavy atom. The molecule has 0 saturated carbocycles. The maximum Gasteiger partial charge on any atom is 0.336 e. The number of benzene rings is 1. The van der Waals surface area contributed by atoms with Gasteiger partial charge in [0.25, 0.3) is 0 Å². The molecule has 11 heteroatoms. The maximum atomic E-state index is 12.5. The van der Waals surface area contributed by atoms with E-state index in [1.54, 1.807) is 14.2 Å². The highest BCUT2D eigenvalue weighted by molar-refractivity contribution is 5.94. The largest absolute Gasteiger partial charge is 0.493 e. The second-order valence-corrected chi connectivity index (χ2v) is 7.23. The molecule has 1 aliphatic rings. The van der Waals surface area contributed by atoms with Crippen LogP contribution in [0.3, 0.4) is 0 Å². The van der Waals surface area contributed by atoms with Crippen LogP contribution in [0.4, 0.5) is 0 Å². The monoisotopic (exact) mass is 458 g/mol. The fourth-order valence-electron chi connectivity index (χ4n) is 3.12. The number of fused-ring (bicyclic) bond motifs is 1. The molecular formula is C22H26N4O7. The van der Waals surface area contributed by atoms with Crippen LogP contribution in [0.15, 0.2) is 41.3 Å². The molecule has 0 saturated heterocycles. The van der Waals surface area contributed by atoms with Gasteiger partial charge in [0.1, 0.15) is 0 Å². The molecule has 0 radical (unpaired) electrons. The Bertz CT molecular complexity index is 1100. The van der Waals surface area contributed by atoms with Crippen LogP contribution in [0, 0.1) is 0 Å².